The van der Waals surface area contributed by atoms with Crippen LogP contribution in [0.3, 0.4) is 0 Å². The summed E-state index contributed by atoms with van der Waals surface area (Å²) in [6.07, 6.45) is 6.41. The molecule has 0 atom stereocenters. The fourth-order valence-electron chi connectivity index (χ4n) is 2.72. The van der Waals surface area contributed by atoms with E-state index in [1.54, 1.807) is 7.11 Å². The molecule has 0 spiro atoms. The zero-order valence-corrected chi connectivity index (χ0v) is 12.2. The summed E-state index contributed by atoms with van der Waals surface area (Å²) in [5.74, 6) is 0.642. The predicted octanol–water partition coefficient (Wildman–Crippen LogP) is 3.53. The van der Waals surface area contributed by atoms with E-state index >= 15 is 0 Å². The number of carbonyl (C=O) groups excluding carboxylic acids is 1. The Morgan fingerprint density at radius 3 is 2.75 bits per heavy atom. The van der Waals surface area contributed by atoms with Crippen LogP contribution >= 0.6 is 0 Å². The van der Waals surface area contributed by atoms with Gasteiger partial charge in [0, 0.05) is 24.9 Å². The maximum absolute atomic E-state index is 11.9. The van der Waals surface area contributed by atoms with Gasteiger partial charge in [-0.25, -0.2) is 4.79 Å². The van der Waals surface area contributed by atoms with Gasteiger partial charge < -0.3 is 15.4 Å². The van der Waals surface area contributed by atoms with Crippen molar-refractivity contribution in [2.45, 2.75) is 38.7 Å². The third-order valence-corrected chi connectivity index (χ3v) is 3.84. The molecule has 2 rings (SSSR count). The molecule has 0 heterocycles. The lowest BCUT2D eigenvalue weighted by molar-refractivity contribution is 0.185. The van der Waals surface area contributed by atoms with E-state index in [1.807, 2.05) is 24.3 Å². The molecule has 4 heteroatoms. The second-order valence-corrected chi connectivity index (χ2v) is 5.43. The monoisotopic (exact) mass is 276 g/mol. The van der Waals surface area contributed by atoms with E-state index in [0.29, 0.717) is 12.5 Å². The maximum Gasteiger partial charge on any atom is 0.319 e. The SMILES string of the molecule is COCc1ccccc1NC(=O)NCC1CCCCC1. The Kier molecular flexibility index (Phi) is 5.87. The fourth-order valence-corrected chi connectivity index (χ4v) is 2.72. The van der Waals surface area contributed by atoms with Crippen LogP contribution in [0.4, 0.5) is 10.5 Å². The summed E-state index contributed by atoms with van der Waals surface area (Å²) in [5, 5.41) is 5.88. The molecule has 2 N–H and O–H groups in total. The van der Waals surface area contributed by atoms with Gasteiger partial charge in [0.2, 0.25) is 0 Å². The van der Waals surface area contributed by atoms with Gasteiger partial charge in [-0.15, -0.1) is 0 Å². The molecule has 1 saturated carbocycles. The molecular formula is C16H24N2O2. The number of nitrogens with one attached hydrogen (secondary N) is 2. The van der Waals surface area contributed by atoms with Crippen LogP contribution < -0.4 is 10.6 Å². The molecule has 110 valence electrons. The number of para-hydroxylation sites is 1. The van der Waals surface area contributed by atoms with Gasteiger partial charge in [-0.1, -0.05) is 37.5 Å². The highest BCUT2D eigenvalue weighted by atomic mass is 16.5. The Bertz CT molecular complexity index is 428. The first kappa shape index (κ1) is 14.9. The minimum absolute atomic E-state index is 0.126. The molecule has 0 saturated heterocycles. The van der Waals surface area contributed by atoms with Gasteiger partial charge in [-0.3, -0.25) is 0 Å². The molecule has 1 aliphatic carbocycles. The van der Waals surface area contributed by atoms with E-state index < -0.39 is 0 Å². The minimum atomic E-state index is -0.126. The van der Waals surface area contributed by atoms with Crippen molar-refractivity contribution in [3.63, 3.8) is 0 Å². The van der Waals surface area contributed by atoms with Gasteiger partial charge in [-0.05, 0) is 24.8 Å². The van der Waals surface area contributed by atoms with Crippen molar-refractivity contribution in [2.24, 2.45) is 5.92 Å². The van der Waals surface area contributed by atoms with Crippen molar-refractivity contribution in [3.8, 4) is 0 Å². The number of hydrogen-bond acceptors (Lipinski definition) is 2. The summed E-state index contributed by atoms with van der Waals surface area (Å²) in [6, 6.07) is 7.59. The van der Waals surface area contributed by atoms with Gasteiger partial charge in [0.05, 0.1) is 6.61 Å². The molecule has 0 aliphatic heterocycles. The first-order chi connectivity index (χ1) is 9.79. The number of hydrogen-bond donors (Lipinski definition) is 2. The van der Waals surface area contributed by atoms with E-state index in [2.05, 4.69) is 10.6 Å². The predicted molar refractivity (Wildman–Crippen MR) is 80.8 cm³/mol. The second-order valence-electron chi connectivity index (χ2n) is 5.43. The number of carbonyl (C=O) groups is 1. The van der Waals surface area contributed by atoms with Crippen LogP contribution in [0, 0.1) is 5.92 Å². The van der Waals surface area contributed by atoms with Crippen LogP contribution in [0.15, 0.2) is 24.3 Å². The molecule has 2 amide bonds. The van der Waals surface area contributed by atoms with Crippen LogP contribution in [0.1, 0.15) is 37.7 Å². The molecule has 0 bridgehead atoms. The first-order valence-corrected chi connectivity index (χ1v) is 7.41. The van der Waals surface area contributed by atoms with Crippen molar-refractivity contribution in [3.05, 3.63) is 29.8 Å². The van der Waals surface area contributed by atoms with E-state index in [0.717, 1.165) is 17.8 Å². The van der Waals surface area contributed by atoms with Crippen molar-refractivity contribution in [1.82, 2.24) is 5.32 Å². The molecule has 4 nitrogen and oxygen atoms in total. The zero-order chi connectivity index (χ0) is 14.2. The summed E-state index contributed by atoms with van der Waals surface area (Å²) in [5.41, 5.74) is 1.80. The second kappa shape index (κ2) is 7.90. The summed E-state index contributed by atoms with van der Waals surface area (Å²) < 4.78 is 5.13. The Morgan fingerprint density at radius 1 is 1.25 bits per heavy atom. The van der Waals surface area contributed by atoms with Crippen molar-refractivity contribution in [2.75, 3.05) is 19.0 Å². The maximum atomic E-state index is 11.9. The number of anilines is 1. The highest BCUT2D eigenvalue weighted by Crippen LogP contribution is 2.22. The largest absolute Gasteiger partial charge is 0.380 e. The van der Waals surface area contributed by atoms with Crippen LogP contribution in [0.25, 0.3) is 0 Å². The third kappa shape index (κ3) is 4.53. The Balaban J connectivity index is 1.81. The Labute approximate surface area is 120 Å². The highest BCUT2D eigenvalue weighted by molar-refractivity contribution is 5.90. The summed E-state index contributed by atoms with van der Waals surface area (Å²) in [4.78, 5) is 11.9. The van der Waals surface area contributed by atoms with Crippen LogP contribution in [0.5, 0.6) is 0 Å². The summed E-state index contributed by atoms with van der Waals surface area (Å²) in [6.45, 7) is 1.28. The van der Waals surface area contributed by atoms with Crippen LogP contribution in [0.2, 0.25) is 0 Å². The van der Waals surface area contributed by atoms with E-state index in [4.69, 9.17) is 4.74 Å². The molecule has 1 fully saturated rings. The van der Waals surface area contributed by atoms with E-state index in [-0.39, 0.29) is 6.03 Å². The molecule has 1 aromatic rings. The van der Waals surface area contributed by atoms with Gasteiger partial charge in [-0.2, -0.15) is 0 Å². The van der Waals surface area contributed by atoms with E-state index in [1.165, 1.54) is 32.1 Å². The molecule has 1 aliphatic rings. The summed E-state index contributed by atoms with van der Waals surface area (Å²) in [7, 11) is 1.65. The molecule has 1 aromatic carbocycles. The zero-order valence-electron chi connectivity index (χ0n) is 12.2. The lowest BCUT2D eigenvalue weighted by Crippen LogP contribution is -2.34. The normalized spacial score (nSPS) is 15.8. The third-order valence-electron chi connectivity index (χ3n) is 3.84. The lowest BCUT2D eigenvalue weighted by atomic mass is 9.89. The first-order valence-electron chi connectivity index (χ1n) is 7.41. The average molecular weight is 276 g/mol. The number of ether oxygens (including phenoxy) is 1. The lowest BCUT2D eigenvalue weighted by Gasteiger charge is -2.22. The number of rotatable bonds is 5. The molecule has 0 aromatic heterocycles. The highest BCUT2D eigenvalue weighted by Gasteiger charge is 2.14. The number of amides is 2. The van der Waals surface area contributed by atoms with E-state index in [9.17, 15) is 4.79 Å². The number of benzene rings is 1. The Hall–Kier alpha value is -1.55. The standard InChI is InChI=1S/C16H24N2O2/c1-20-12-14-9-5-6-10-15(14)18-16(19)17-11-13-7-3-2-4-8-13/h5-6,9-10,13H,2-4,7-8,11-12H2,1H3,(H2,17,18,19). The molecule has 0 radical (unpaired) electrons. The molecular weight excluding hydrogens is 252 g/mol. The number of methoxy groups -OCH3 is 1. The van der Waals surface area contributed by atoms with Gasteiger partial charge in [0.1, 0.15) is 0 Å². The van der Waals surface area contributed by atoms with Gasteiger partial charge in [0.25, 0.3) is 0 Å². The average Bonchev–Trinajstić information content (AvgIpc) is 2.49. The van der Waals surface area contributed by atoms with Crippen molar-refractivity contribution >= 4 is 11.7 Å². The van der Waals surface area contributed by atoms with Gasteiger partial charge in [0.15, 0.2) is 0 Å². The number of urea groups is 1. The van der Waals surface area contributed by atoms with Gasteiger partial charge >= 0.3 is 6.03 Å². The molecule has 0 unspecified atom stereocenters. The quantitative estimate of drug-likeness (QED) is 0.864. The minimum Gasteiger partial charge on any atom is -0.380 e. The molecule has 20 heavy (non-hydrogen) atoms. The van der Waals surface area contributed by atoms with Crippen molar-refractivity contribution in [1.29, 1.82) is 0 Å². The van der Waals surface area contributed by atoms with Crippen molar-refractivity contribution < 1.29 is 9.53 Å². The van der Waals surface area contributed by atoms with Crippen LogP contribution in [-0.2, 0) is 11.3 Å². The topological polar surface area (TPSA) is 50.4 Å². The summed E-state index contributed by atoms with van der Waals surface area (Å²) >= 11 is 0. The smallest absolute Gasteiger partial charge is 0.319 e. The van der Waals surface area contributed by atoms with Crippen LogP contribution in [-0.4, -0.2) is 19.7 Å². The Morgan fingerprint density at radius 2 is 2.00 bits per heavy atom. The fraction of sp³-hybridized carbons (Fsp3) is 0.562.